The molecule has 0 spiro atoms. The number of hydrogen-bond acceptors (Lipinski definition) is 2. The van der Waals surface area contributed by atoms with Gasteiger partial charge in [0.1, 0.15) is 0 Å². The molecule has 1 aromatic carbocycles. The minimum absolute atomic E-state index is 0.238. The fraction of sp³-hybridized carbons (Fsp3) is 0.0667. The van der Waals surface area contributed by atoms with Crippen LogP contribution >= 0.6 is 23.2 Å². The summed E-state index contributed by atoms with van der Waals surface area (Å²) in [6, 6.07) is 13.5. The van der Waals surface area contributed by atoms with E-state index < -0.39 is 0 Å². The van der Waals surface area contributed by atoms with E-state index in [1.807, 2.05) is 30.3 Å². The molecule has 0 fully saturated rings. The Kier molecular flexibility index (Phi) is 3.35. The van der Waals surface area contributed by atoms with Crippen molar-refractivity contribution in [3.63, 3.8) is 0 Å². The molecule has 0 aliphatic rings. The molecule has 0 radical (unpaired) electrons. The van der Waals surface area contributed by atoms with Crippen molar-refractivity contribution in [3.8, 4) is 17.3 Å². The Morgan fingerprint density at radius 2 is 1.95 bits per heavy atom. The Morgan fingerprint density at radius 1 is 1.20 bits per heavy atom. The quantitative estimate of drug-likeness (QED) is 0.705. The number of benzene rings is 1. The molecule has 0 bridgehead atoms. The van der Waals surface area contributed by atoms with Crippen LogP contribution in [-0.2, 0) is 6.42 Å². The summed E-state index contributed by atoms with van der Waals surface area (Å²) >= 11 is 12.2. The van der Waals surface area contributed by atoms with Crippen LogP contribution in [0.4, 0.5) is 0 Å². The summed E-state index contributed by atoms with van der Waals surface area (Å²) in [5.74, 6) is 0. The molecule has 2 heterocycles. The van der Waals surface area contributed by atoms with Crippen molar-refractivity contribution in [2.24, 2.45) is 0 Å². The maximum atomic E-state index is 9.05. The number of pyridine rings is 1. The molecule has 0 amide bonds. The maximum absolute atomic E-state index is 9.05. The number of hydrogen-bond donors (Lipinski definition) is 0. The normalized spacial score (nSPS) is 10.7. The van der Waals surface area contributed by atoms with Gasteiger partial charge in [-0.2, -0.15) is 5.26 Å². The van der Waals surface area contributed by atoms with Gasteiger partial charge in [-0.1, -0.05) is 53.5 Å². The minimum atomic E-state index is 0.238. The van der Waals surface area contributed by atoms with Gasteiger partial charge in [0.15, 0.2) is 5.65 Å². The molecular weight excluding hydrogens is 293 g/mol. The van der Waals surface area contributed by atoms with E-state index in [2.05, 4.69) is 11.1 Å². The minimum Gasteiger partial charge on any atom is -0.300 e. The van der Waals surface area contributed by atoms with Crippen LogP contribution in [0.25, 0.3) is 16.9 Å². The summed E-state index contributed by atoms with van der Waals surface area (Å²) in [4.78, 5) is 4.56. The molecule has 0 atom stereocenters. The van der Waals surface area contributed by atoms with Crippen molar-refractivity contribution in [2.75, 3.05) is 0 Å². The lowest BCUT2D eigenvalue weighted by Gasteiger charge is -2.02. The Hall–Kier alpha value is -2.02. The van der Waals surface area contributed by atoms with Crippen LogP contribution in [0.1, 0.15) is 5.69 Å². The molecule has 2 aromatic heterocycles. The Morgan fingerprint density at radius 3 is 2.65 bits per heavy atom. The highest BCUT2D eigenvalue weighted by Crippen LogP contribution is 2.29. The molecule has 3 aromatic rings. The van der Waals surface area contributed by atoms with Crippen molar-refractivity contribution in [1.82, 2.24) is 9.38 Å². The molecule has 0 aliphatic heterocycles. The van der Waals surface area contributed by atoms with Gasteiger partial charge in [0.2, 0.25) is 0 Å². The maximum Gasteiger partial charge on any atom is 0.156 e. The second-order valence-corrected chi connectivity index (χ2v) is 5.15. The van der Waals surface area contributed by atoms with Gasteiger partial charge in [-0.05, 0) is 6.07 Å². The Labute approximate surface area is 126 Å². The lowest BCUT2D eigenvalue weighted by molar-refractivity contribution is 1.06. The van der Waals surface area contributed by atoms with Crippen LogP contribution in [0.3, 0.4) is 0 Å². The molecular formula is C15H9Cl2N3. The topological polar surface area (TPSA) is 41.1 Å². The number of fused-ring (bicyclic) bond motifs is 1. The van der Waals surface area contributed by atoms with Crippen molar-refractivity contribution in [3.05, 3.63) is 58.3 Å². The second kappa shape index (κ2) is 5.16. The van der Waals surface area contributed by atoms with Crippen molar-refractivity contribution < 1.29 is 0 Å². The average molecular weight is 302 g/mol. The van der Waals surface area contributed by atoms with E-state index in [0.717, 1.165) is 17.0 Å². The molecule has 20 heavy (non-hydrogen) atoms. The van der Waals surface area contributed by atoms with E-state index in [1.54, 1.807) is 16.7 Å². The molecule has 3 nitrogen and oxygen atoms in total. The molecule has 0 N–H and O–H groups in total. The summed E-state index contributed by atoms with van der Waals surface area (Å²) in [6.45, 7) is 0. The van der Waals surface area contributed by atoms with Gasteiger partial charge in [-0.25, -0.2) is 4.98 Å². The highest BCUT2D eigenvalue weighted by molar-refractivity contribution is 6.36. The number of aromatic nitrogens is 2. The predicted molar refractivity (Wildman–Crippen MR) is 80.0 cm³/mol. The first-order valence-corrected chi connectivity index (χ1v) is 6.74. The van der Waals surface area contributed by atoms with E-state index >= 15 is 0 Å². The Bertz CT molecular complexity index is 816. The van der Waals surface area contributed by atoms with E-state index in [-0.39, 0.29) is 6.42 Å². The van der Waals surface area contributed by atoms with Crippen LogP contribution in [-0.4, -0.2) is 9.38 Å². The standard InChI is InChI=1S/C15H9Cl2N3/c16-11-8-12(17)15-19-14(10-4-2-1-3-5-10)13(6-7-18)20(15)9-11/h1-5,8-9H,6H2. The highest BCUT2D eigenvalue weighted by Gasteiger charge is 2.16. The number of imidazole rings is 1. The van der Waals surface area contributed by atoms with Crippen LogP contribution in [0.2, 0.25) is 10.0 Å². The molecule has 0 unspecified atom stereocenters. The highest BCUT2D eigenvalue weighted by atomic mass is 35.5. The fourth-order valence-electron chi connectivity index (χ4n) is 2.19. The van der Waals surface area contributed by atoms with Crippen LogP contribution in [0.15, 0.2) is 42.6 Å². The predicted octanol–water partition coefficient (Wildman–Crippen LogP) is 4.37. The lowest BCUT2D eigenvalue weighted by Crippen LogP contribution is -1.93. The number of halogens is 2. The van der Waals surface area contributed by atoms with Crippen molar-refractivity contribution in [1.29, 1.82) is 5.26 Å². The van der Waals surface area contributed by atoms with Gasteiger partial charge in [0.05, 0.1) is 33.9 Å². The average Bonchev–Trinajstić information content (AvgIpc) is 2.80. The first kappa shape index (κ1) is 13.0. The summed E-state index contributed by atoms with van der Waals surface area (Å²) < 4.78 is 1.79. The van der Waals surface area contributed by atoms with Gasteiger partial charge < -0.3 is 0 Å². The van der Waals surface area contributed by atoms with Crippen LogP contribution in [0.5, 0.6) is 0 Å². The molecule has 0 saturated heterocycles. The van der Waals surface area contributed by atoms with E-state index in [0.29, 0.717) is 15.7 Å². The Balaban J connectivity index is 2.35. The number of nitriles is 1. The van der Waals surface area contributed by atoms with E-state index in [1.165, 1.54) is 0 Å². The van der Waals surface area contributed by atoms with Gasteiger partial charge in [0.25, 0.3) is 0 Å². The second-order valence-electron chi connectivity index (χ2n) is 4.31. The molecule has 3 rings (SSSR count). The number of rotatable bonds is 2. The van der Waals surface area contributed by atoms with Gasteiger partial charge in [0, 0.05) is 11.8 Å². The molecule has 5 heteroatoms. The van der Waals surface area contributed by atoms with Gasteiger partial charge in [-0.15, -0.1) is 0 Å². The first-order chi connectivity index (χ1) is 9.70. The SMILES string of the molecule is N#CCc1c(-c2ccccc2)nc2c(Cl)cc(Cl)cn12. The lowest BCUT2D eigenvalue weighted by atomic mass is 10.1. The summed E-state index contributed by atoms with van der Waals surface area (Å²) in [6.07, 6.45) is 1.97. The number of nitrogens with zero attached hydrogens (tertiary/aromatic N) is 3. The van der Waals surface area contributed by atoms with Crippen LogP contribution in [0, 0.1) is 11.3 Å². The third-order valence-electron chi connectivity index (χ3n) is 3.03. The zero-order valence-corrected chi connectivity index (χ0v) is 11.9. The van der Waals surface area contributed by atoms with Gasteiger partial charge in [-0.3, -0.25) is 4.40 Å². The molecule has 0 saturated carbocycles. The monoisotopic (exact) mass is 301 g/mol. The summed E-state index contributed by atoms with van der Waals surface area (Å²) in [5.41, 5.74) is 3.11. The zero-order valence-electron chi connectivity index (χ0n) is 10.3. The van der Waals surface area contributed by atoms with Gasteiger partial charge >= 0.3 is 0 Å². The summed E-state index contributed by atoms with van der Waals surface area (Å²) in [7, 11) is 0. The molecule has 98 valence electrons. The first-order valence-electron chi connectivity index (χ1n) is 5.99. The van der Waals surface area contributed by atoms with Crippen LogP contribution < -0.4 is 0 Å². The zero-order chi connectivity index (χ0) is 14.1. The van der Waals surface area contributed by atoms with Crippen molar-refractivity contribution >= 4 is 28.8 Å². The van der Waals surface area contributed by atoms with Crippen molar-refractivity contribution in [2.45, 2.75) is 6.42 Å². The molecule has 0 aliphatic carbocycles. The van der Waals surface area contributed by atoms with E-state index in [4.69, 9.17) is 28.5 Å². The smallest absolute Gasteiger partial charge is 0.156 e. The van der Waals surface area contributed by atoms with E-state index in [9.17, 15) is 0 Å². The largest absolute Gasteiger partial charge is 0.300 e. The summed E-state index contributed by atoms with van der Waals surface area (Å²) in [5, 5.41) is 10.0. The third-order valence-corrected chi connectivity index (χ3v) is 3.52. The fourth-order valence-corrected chi connectivity index (χ4v) is 2.70. The third kappa shape index (κ3) is 2.14.